The van der Waals surface area contributed by atoms with E-state index in [0.717, 1.165) is 0 Å². The lowest BCUT2D eigenvalue weighted by atomic mass is 10.2. The maximum absolute atomic E-state index is 14.5. The molecule has 3 heterocycles. The van der Waals surface area contributed by atoms with E-state index in [2.05, 4.69) is 25.5 Å². The minimum atomic E-state index is -4.92. The van der Waals surface area contributed by atoms with Crippen LogP contribution in [-0.4, -0.2) is 54.5 Å². The predicted molar refractivity (Wildman–Crippen MR) is 120 cm³/mol. The minimum Gasteiger partial charge on any atom is -0.376 e. The van der Waals surface area contributed by atoms with E-state index in [0.29, 0.717) is 36.0 Å². The summed E-state index contributed by atoms with van der Waals surface area (Å²) < 4.78 is 76.0. The lowest BCUT2D eigenvalue weighted by Crippen LogP contribution is -2.53. The molecule has 0 amide bonds. The second-order valence-corrected chi connectivity index (χ2v) is 8.49. The number of aliphatic hydroxyl groups is 1. The first-order chi connectivity index (χ1) is 17.7. The third kappa shape index (κ3) is 5.59. The Hall–Kier alpha value is -3.91. The molecule has 1 aromatic carbocycles. The van der Waals surface area contributed by atoms with E-state index in [9.17, 15) is 27.1 Å². The maximum Gasteiger partial charge on any atom is 0.412 e. The van der Waals surface area contributed by atoms with E-state index in [1.807, 2.05) is 5.32 Å². The van der Waals surface area contributed by atoms with Crippen molar-refractivity contribution in [3.8, 4) is 22.9 Å². The van der Waals surface area contributed by atoms with Crippen molar-refractivity contribution in [3.05, 3.63) is 66.1 Å². The molecule has 4 aromatic rings. The van der Waals surface area contributed by atoms with Gasteiger partial charge in [-0.3, -0.25) is 10.00 Å². The number of nitrogens with one attached hydrogen (secondary N) is 2. The fourth-order valence-corrected chi connectivity index (χ4v) is 3.65. The van der Waals surface area contributed by atoms with Crippen LogP contribution >= 0.6 is 0 Å². The lowest BCUT2D eigenvalue weighted by Gasteiger charge is -2.27. The van der Waals surface area contributed by atoms with E-state index >= 15 is 0 Å². The highest BCUT2D eigenvalue weighted by Gasteiger charge is 2.46. The summed E-state index contributed by atoms with van der Waals surface area (Å²) in [4.78, 5) is 7.77. The van der Waals surface area contributed by atoms with Gasteiger partial charge in [-0.2, -0.15) is 18.3 Å². The molecule has 9 nitrogen and oxygen atoms in total. The number of aromatic nitrogens is 5. The molecular weight excluding hydrogens is 501 g/mol. The highest BCUT2D eigenvalue weighted by molar-refractivity contribution is 5.63. The van der Waals surface area contributed by atoms with Crippen molar-refractivity contribution < 1.29 is 31.6 Å². The summed E-state index contributed by atoms with van der Waals surface area (Å²) in [5.41, 5.74) is 1.11. The molecule has 1 aliphatic rings. The first-order valence-electron chi connectivity index (χ1n) is 11.2. The number of nitrogens with zero attached hydrogens (tertiary/aromatic N) is 5. The second-order valence-electron chi connectivity index (χ2n) is 8.49. The molecule has 0 aliphatic heterocycles. The summed E-state index contributed by atoms with van der Waals surface area (Å²) >= 11 is 0. The molecule has 37 heavy (non-hydrogen) atoms. The van der Waals surface area contributed by atoms with Gasteiger partial charge in [0, 0.05) is 17.7 Å². The number of hydrogen-bond acceptors (Lipinski definition) is 8. The van der Waals surface area contributed by atoms with Crippen LogP contribution < -0.4 is 10.6 Å². The lowest BCUT2D eigenvalue weighted by molar-refractivity contribution is -0.166. The van der Waals surface area contributed by atoms with Crippen LogP contribution in [0.3, 0.4) is 0 Å². The largest absolute Gasteiger partial charge is 0.412 e. The molecule has 0 bridgehead atoms. The first kappa shape index (κ1) is 24.8. The highest BCUT2D eigenvalue weighted by Crippen LogP contribution is 2.30. The summed E-state index contributed by atoms with van der Waals surface area (Å²) in [6.07, 6.45) is -3.65. The Labute approximate surface area is 206 Å². The van der Waals surface area contributed by atoms with Crippen molar-refractivity contribution >= 4 is 5.82 Å². The summed E-state index contributed by atoms with van der Waals surface area (Å²) in [6.45, 7) is -0.0175. The molecule has 0 radical (unpaired) electrons. The Morgan fingerprint density at radius 2 is 1.89 bits per heavy atom. The van der Waals surface area contributed by atoms with Crippen molar-refractivity contribution in [1.82, 2.24) is 30.2 Å². The Kier molecular flexibility index (Phi) is 6.60. The third-order valence-corrected chi connectivity index (χ3v) is 5.68. The molecule has 5 rings (SSSR count). The molecule has 3 N–H and O–H groups in total. The van der Waals surface area contributed by atoms with Crippen LogP contribution in [0, 0.1) is 11.6 Å². The van der Waals surface area contributed by atoms with Crippen LogP contribution in [0.5, 0.6) is 0 Å². The van der Waals surface area contributed by atoms with Crippen molar-refractivity contribution in [2.75, 3.05) is 5.32 Å². The van der Waals surface area contributed by atoms with Gasteiger partial charge >= 0.3 is 6.18 Å². The van der Waals surface area contributed by atoms with E-state index in [1.165, 1.54) is 29.1 Å². The highest BCUT2D eigenvalue weighted by atomic mass is 19.4. The zero-order valence-electron chi connectivity index (χ0n) is 19.0. The number of anilines is 1. The molecule has 194 valence electrons. The summed E-state index contributed by atoms with van der Waals surface area (Å²) in [6, 6.07) is 6.30. The van der Waals surface area contributed by atoms with Gasteiger partial charge in [-0.1, -0.05) is 23.4 Å². The topological polar surface area (TPSA) is 114 Å². The average Bonchev–Trinajstić information content (AvgIpc) is 3.32. The van der Waals surface area contributed by atoms with E-state index in [-0.39, 0.29) is 24.1 Å². The molecule has 14 heteroatoms. The number of hydrogen-bond donors (Lipinski definition) is 3. The van der Waals surface area contributed by atoms with E-state index < -0.39 is 35.9 Å². The number of halogens is 5. The quantitative estimate of drug-likeness (QED) is 0.226. The molecule has 0 spiro atoms. The molecule has 2 atom stereocenters. The zero-order chi connectivity index (χ0) is 26.2. The maximum atomic E-state index is 14.5. The van der Waals surface area contributed by atoms with Gasteiger partial charge in [-0.05, 0) is 25.0 Å². The van der Waals surface area contributed by atoms with Crippen molar-refractivity contribution in [1.29, 1.82) is 0 Å². The first-order valence-corrected chi connectivity index (χ1v) is 11.2. The van der Waals surface area contributed by atoms with Crippen molar-refractivity contribution in [2.24, 2.45) is 0 Å². The molecule has 2 unspecified atom stereocenters. The summed E-state index contributed by atoms with van der Waals surface area (Å²) in [5.74, 6) is -2.59. The SMILES string of the molecule is OC(NC1CC1)C(Nc1nc(-c2cc(-c3ccon3)n(Cc3ccccc3F)n2)ncc1F)C(F)(F)F. The second kappa shape index (κ2) is 9.86. The molecule has 1 aliphatic carbocycles. The van der Waals surface area contributed by atoms with Gasteiger partial charge in [-0.25, -0.2) is 18.7 Å². The molecule has 1 saturated carbocycles. The average molecular weight is 521 g/mol. The minimum absolute atomic E-state index is 0.0175. The molecule has 3 aromatic heterocycles. The standard InChI is InChI=1S/C23H20F5N7O2/c24-14-4-2-1-3-12(14)11-35-18(16-7-8-37-34-16)9-17(33-35)21-29-10-15(25)20(32-21)31-19(23(26,27)28)22(36)30-13-5-6-13/h1-4,7-10,13,19,22,30,36H,5-6,11H2,(H,29,31,32). The van der Waals surface area contributed by atoms with Gasteiger partial charge in [0.2, 0.25) is 0 Å². The van der Waals surface area contributed by atoms with Crippen molar-refractivity contribution in [3.63, 3.8) is 0 Å². The Morgan fingerprint density at radius 3 is 2.57 bits per heavy atom. The van der Waals surface area contributed by atoms with Crippen LogP contribution in [0.15, 0.2) is 53.4 Å². The van der Waals surface area contributed by atoms with E-state index in [1.54, 1.807) is 18.2 Å². The van der Waals surface area contributed by atoms with Gasteiger partial charge in [0.15, 0.2) is 23.5 Å². The van der Waals surface area contributed by atoms with Crippen LogP contribution in [-0.2, 0) is 6.54 Å². The number of benzene rings is 1. The Morgan fingerprint density at radius 1 is 1.11 bits per heavy atom. The van der Waals surface area contributed by atoms with Crippen LogP contribution in [0.2, 0.25) is 0 Å². The number of aliphatic hydroxyl groups excluding tert-OH is 1. The monoisotopic (exact) mass is 521 g/mol. The summed E-state index contributed by atoms with van der Waals surface area (Å²) in [5, 5.41) is 22.7. The van der Waals surface area contributed by atoms with Gasteiger partial charge in [-0.15, -0.1) is 0 Å². The normalized spacial score (nSPS) is 15.5. The van der Waals surface area contributed by atoms with E-state index in [4.69, 9.17) is 4.52 Å². The fraction of sp³-hybridized carbons (Fsp3) is 0.304. The molecule has 1 fully saturated rings. The van der Waals surface area contributed by atoms with Crippen molar-refractivity contribution in [2.45, 2.75) is 43.9 Å². The molecular formula is C23H20F5N7O2. The van der Waals surface area contributed by atoms with Gasteiger partial charge < -0.3 is 14.9 Å². The smallest absolute Gasteiger partial charge is 0.376 e. The fourth-order valence-electron chi connectivity index (χ4n) is 3.65. The van der Waals surface area contributed by atoms with Crippen LogP contribution in [0.4, 0.5) is 27.8 Å². The Balaban J connectivity index is 1.48. The predicted octanol–water partition coefficient (Wildman–Crippen LogP) is 3.73. The van der Waals surface area contributed by atoms with Crippen LogP contribution in [0.25, 0.3) is 22.9 Å². The number of rotatable bonds is 9. The molecule has 0 saturated heterocycles. The van der Waals surface area contributed by atoms with Gasteiger partial charge in [0.1, 0.15) is 29.7 Å². The van der Waals surface area contributed by atoms with Crippen LogP contribution in [0.1, 0.15) is 18.4 Å². The van der Waals surface area contributed by atoms with Gasteiger partial charge in [0.25, 0.3) is 0 Å². The van der Waals surface area contributed by atoms with Gasteiger partial charge in [0.05, 0.1) is 18.4 Å². The third-order valence-electron chi connectivity index (χ3n) is 5.68. The summed E-state index contributed by atoms with van der Waals surface area (Å²) in [7, 11) is 0. The Bertz CT molecular complexity index is 1370. The number of alkyl halides is 3. The zero-order valence-corrected chi connectivity index (χ0v) is 19.0.